The summed E-state index contributed by atoms with van der Waals surface area (Å²) in [6.45, 7) is 0. The van der Waals surface area contributed by atoms with Crippen molar-refractivity contribution < 1.29 is 0 Å². The van der Waals surface area contributed by atoms with Crippen LogP contribution < -0.4 is 5.56 Å². The van der Waals surface area contributed by atoms with Crippen LogP contribution >= 0.6 is 22.6 Å². The molecular formula is C11H11IN4O. The summed E-state index contributed by atoms with van der Waals surface area (Å²) in [6.07, 6.45) is 5.68. The number of aromatic amines is 1. The zero-order chi connectivity index (χ0) is 12.0. The van der Waals surface area contributed by atoms with Crippen LogP contribution in [0.2, 0.25) is 0 Å². The Hall–Kier alpha value is -1.18. The SMILES string of the molecule is Cn1cncc1-c1nc(C2CC2)c(I)c(=O)[nH]1. The Bertz CT molecular complexity index is 627. The molecule has 2 heterocycles. The maximum absolute atomic E-state index is 11.9. The molecule has 0 bridgehead atoms. The number of nitrogens with one attached hydrogen (secondary N) is 1. The van der Waals surface area contributed by atoms with E-state index in [9.17, 15) is 4.79 Å². The van der Waals surface area contributed by atoms with E-state index in [4.69, 9.17) is 0 Å². The van der Waals surface area contributed by atoms with Crippen LogP contribution in [0.4, 0.5) is 0 Å². The fourth-order valence-electron chi connectivity index (χ4n) is 1.81. The zero-order valence-corrected chi connectivity index (χ0v) is 11.4. The molecule has 1 saturated carbocycles. The second kappa shape index (κ2) is 3.94. The van der Waals surface area contributed by atoms with E-state index in [2.05, 4.69) is 37.5 Å². The van der Waals surface area contributed by atoms with Crippen LogP contribution in [-0.4, -0.2) is 19.5 Å². The summed E-state index contributed by atoms with van der Waals surface area (Å²) < 4.78 is 2.57. The van der Waals surface area contributed by atoms with Gasteiger partial charge in [0.2, 0.25) is 0 Å². The minimum Gasteiger partial charge on any atom is -0.331 e. The van der Waals surface area contributed by atoms with Crippen LogP contribution in [0.15, 0.2) is 17.3 Å². The van der Waals surface area contributed by atoms with Gasteiger partial charge in [-0.05, 0) is 35.4 Å². The van der Waals surface area contributed by atoms with Gasteiger partial charge in [-0.25, -0.2) is 9.97 Å². The molecule has 0 aromatic carbocycles. The average molecular weight is 342 g/mol. The molecule has 3 rings (SSSR count). The van der Waals surface area contributed by atoms with E-state index in [1.165, 1.54) is 0 Å². The molecule has 0 atom stereocenters. The molecule has 0 amide bonds. The van der Waals surface area contributed by atoms with Gasteiger partial charge >= 0.3 is 0 Å². The Morgan fingerprint density at radius 3 is 2.88 bits per heavy atom. The van der Waals surface area contributed by atoms with Crippen molar-refractivity contribution >= 4 is 22.6 Å². The van der Waals surface area contributed by atoms with Gasteiger partial charge in [-0.1, -0.05) is 0 Å². The lowest BCUT2D eigenvalue weighted by Gasteiger charge is -2.05. The molecule has 1 aliphatic rings. The minimum absolute atomic E-state index is 0.0568. The quantitative estimate of drug-likeness (QED) is 0.845. The minimum atomic E-state index is -0.0568. The molecule has 1 aliphatic carbocycles. The third kappa shape index (κ3) is 1.90. The van der Waals surface area contributed by atoms with E-state index in [0.717, 1.165) is 27.8 Å². The third-order valence-electron chi connectivity index (χ3n) is 2.91. The first kappa shape index (κ1) is 10.9. The molecule has 1 fully saturated rings. The lowest BCUT2D eigenvalue weighted by molar-refractivity contribution is 0.889. The highest BCUT2D eigenvalue weighted by molar-refractivity contribution is 14.1. The molecule has 1 N–H and O–H groups in total. The van der Waals surface area contributed by atoms with Gasteiger partial charge in [-0.2, -0.15) is 0 Å². The molecule has 0 saturated heterocycles. The fraction of sp³-hybridized carbons (Fsp3) is 0.364. The summed E-state index contributed by atoms with van der Waals surface area (Å²) in [5.41, 5.74) is 1.71. The van der Waals surface area contributed by atoms with Crippen LogP contribution in [0.1, 0.15) is 24.5 Å². The predicted octanol–water partition coefficient (Wildman–Crippen LogP) is 1.65. The Labute approximate surface area is 111 Å². The van der Waals surface area contributed by atoms with E-state index in [0.29, 0.717) is 11.7 Å². The normalized spacial score (nSPS) is 15.2. The molecule has 5 nitrogen and oxygen atoms in total. The van der Waals surface area contributed by atoms with Crippen molar-refractivity contribution in [3.05, 3.63) is 32.1 Å². The number of hydrogen-bond donors (Lipinski definition) is 1. The summed E-state index contributed by atoms with van der Waals surface area (Å²) >= 11 is 2.07. The fourth-order valence-corrected chi connectivity index (χ4v) is 2.51. The number of halogens is 1. The summed E-state index contributed by atoms with van der Waals surface area (Å²) in [4.78, 5) is 23.3. The van der Waals surface area contributed by atoms with Crippen molar-refractivity contribution in [2.24, 2.45) is 7.05 Å². The Kier molecular flexibility index (Phi) is 2.53. The first-order valence-electron chi connectivity index (χ1n) is 5.43. The van der Waals surface area contributed by atoms with Gasteiger partial charge in [0.05, 0.1) is 18.2 Å². The van der Waals surface area contributed by atoms with Crippen LogP contribution in [0.3, 0.4) is 0 Å². The molecule has 6 heteroatoms. The van der Waals surface area contributed by atoms with Crippen LogP contribution in [0, 0.1) is 3.57 Å². The Balaban J connectivity index is 2.18. The highest BCUT2D eigenvalue weighted by atomic mass is 127. The second-order valence-electron chi connectivity index (χ2n) is 4.28. The van der Waals surface area contributed by atoms with Crippen molar-refractivity contribution in [2.75, 3.05) is 0 Å². The molecule has 2 aromatic heterocycles. The number of rotatable bonds is 2. The van der Waals surface area contributed by atoms with Crippen LogP contribution in [0.5, 0.6) is 0 Å². The van der Waals surface area contributed by atoms with Gasteiger partial charge in [-0.3, -0.25) is 4.79 Å². The summed E-state index contributed by atoms with van der Waals surface area (Å²) in [7, 11) is 1.89. The summed E-state index contributed by atoms with van der Waals surface area (Å²) in [5, 5.41) is 0. The molecule has 2 aromatic rings. The predicted molar refractivity (Wildman–Crippen MR) is 71.8 cm³/mol. The maximum atomic E-state index is 11.9. The topological polar surface area (TPSA) is 63.6 Å². The monoisotopic (exact) mass is 342 g/mol. The van der Waals surface area contributed by atoms with Crippen molar-refractivity contribution in [1.29, 1.82) is 0 Å². The van der Waals surface area contributed by atoms with E-state index >= 15 is 0 Å². The van der Waals surface area contributed by atoms with E-state index in [1.807, 2.05) is 11.6 Å². The molecule has 88 valence electrons. The number of imidazole rings is 1. The average Bonchev–Trinajstić information content (AvgIpc) is 3.05. The first-order chi connectivity index (χ1) is 8.16. The lowest BCUT2D eigenvalue weighted by Crippen LogP contribution is -2.16. The molecular weight excluding hydrogens is 331 g/mol. The second-order valence-corrected chi connectivity index (χ2v) is 5.36. The third-order valence-corrected chi connectivity index (χ3v) is 3.95. The molecule has 0 aliphatic heterocycles. The molecule has 0 unspecified atom stereocenters. The first-order valence-corrected chi connectivity index (χ1v) is 6.51. The van der Waals surface area contributed by atoms with Gasteiger partial charge in [0.15, 0.2) is 5.82 Å². The van der Waals surface area contributed by atoms with Crippen LogP contribution in [-0.2, 0) is 7.05 Å². The standard InChI is InChI=1S/C11H11IN4O/c1-16-5-13-4-7(16)10-14-9(6-2-3-6)8(12)11(17)15-10/h4-6H,2-3H2,1H3,(H,14,15,17). The van der Waals surface area contributed by atoms with Gasteiger partial charge in [0, 0.05) is 13.0 Å². The largest absolute Gasteiger partial charge is 0.331 e. The molecule has 0 spiro atoms. The number of nitrogens with zero attached hydrogens (tertiary/aromatic N) is 3. The zero-order valence-electron chi connectivity index (χ0n) is 9.27. The number of aromatic nitrogens is 4. The smallest absolute Gasteiger partial charge is 0.264 e. The van der Waals surface area contributed by atoms with Crippen molar-refractivity contribution in [1.82, 2.24) is 19.5 Å². The van der Waals surface area contributed by atoms with Gasteiger partial charge in [-0.15, -0.1) is 0 Å². The summed E-state index contributed by atoms with van der Waals surface area (Å²) in [6, 6.07) is 0. The van der Waals surface area contributed by atoms with Crippen molar-refractivity contribution in [3.8, 4) is 11.5 Å². The number of aryl methyl sites for hydroxylation is 1. The van der Waals surface area contributed by atoms with E-state index < -0.39 is 0 Å². The van der Waals surface area contributed by atoms with Gasteiger partial charge < -0.3 is 9.55 Å². The highest BCUT2D eigenvalue weighted by Crippen LogP contribution is 2.40. The van der Waals surface area contributed by atoms with E-state index in [-0.39, 0.29) is 5.56 Å². The lowest BCUT2D eigenvalue weighted by atomic mass is 10.2. The Morgan fingerprint density at radius 1 is 1.53 bits per heavy atom. The highest BCUT2D eigenvalue weighted by Gasteiger charge is 2.29. The molecule has 0 radical (unpaired) electrons. The number of hydrogen-bond acceptors (Lipinski definition) is 3. The number of H-pyrrole nitrogens is 1. The van der Waals surface area contributed by atoms with Gasteiger partial charge in [0.1, 0.15) is 9.26 Å². The van der Waals surface area contributed by atoms with Gasteiger partial charge in [0.25, 0.3) is 5.56 Å². The van der Waals surface area contributed by atoms with Crippen molar-refractivity contribution in [2.45, 2.75) is 18.8 Å². The van der Waals surface area contributed by atoms with E-state index in [1.54, 1.807) is 12.5 Å². The maximum Gasteiger partial charge on any atom is 0.264 e. The summed E-state index contributed by atoms with van der Waals surface area (Å²) in [5.74, 6) is 1.08. The van der Waals surface area contributed by atoms with Crippen LogP contribution in [0.25, 0.3) is 11.5 Å². The molecule has 17 heavy (non-hydrogen) atoms. The Morgan fingerprint density at radius 2 is 2.29 bits per heavy atom. The van der Waals surface area contributed by atoms with Crippen molar-refractivity contribution in [3.63, 3.8) is 0 Å².